The van der Waals surface area contributed by atoms with Crippen LogP contribution in [0.4, 0.5) is 0 Å². The largest absolute Gasteiger partial charge is 0.333 e. The Morgan fingerprint density at radius 2 is 2.16 bits per heavy atom. The van der Waals surface area contributed by atoms with Crippen LogP contribution < -0.4 is 5.32 Å². The Morgan fingerprint density at radius 1 is 1.37 bits per heavy atom. The number of nitrogens with zero attached hydrogens (tertiary/aromatic N) is 3. The number of thiophene rings is 1. The lowest BCUT2D eigenvalue weighted by atomic mass is 10.0. The van der Waals surface area contributed by atoms with E-state index in [9.17, 15) is 0 Å². The van der Waals surface area contributed by atoms with Crippen LogP contribution >= 0.6 is 11.3 Å². The maximum Gasteiger partial charge on any atom is 0.268 e. The Hall–Kier alpha value is -1.24. The molecule has 6 heteroatoms. The van der Waals surface area contributed by atoms with E-state index in [4.69, 9.17) is 4.52 Å². The minimum absolute atomic E-state index is 0.193. The lowest BCUT2D eigenvalue weighted by Crippen LogP contribution is -2.52. The Bertz CT molecular complexity index is 529. The van der Waals surface area contributed by atoms with Crippen molar-refractivity contribution >= 4 is 11.3 Å². The summed E-state index contributed by atoms with van der Waals surface area (Å²) < 4.78 is 5.39. The molecule has 0 saturated carbocycles. The number of rotatable bonds is 3. The lowest BCUT2D eigenvalue weighted by molar-refractivity contribution is 0.0925. The molecular formula is C13H18N4OS. The zero-order valence-corrected chi connectivity index (χ0v) is 12.0. The molecule has 2 aromatic rings. The van der Waals surface area contributed by atoms with E-state index in [1.165, 1.54) is 0 Å². The summed E-state index contributed by atoms with van der Waals surface area (Å²) in [5, 5.41) is 9.55. The van der Waals surface area contributed by atoms with Crippen LogP contribution in [0.3, 0.4) is 0 Å². The highest BCUT2D eigenvalue weighted by molar-refractivity contribution is 7.13. The van der Waals surface area contributed by atoms with Gasteiger partial charge in [0, 0.05) is 26.2 Å². The van der Waals surface area contributed by atoms with Crippen molar-refractivity contribution in [2.75, 3.05) is 26.2 Å². The summed E-state index contributed by atoms with van der Waals surface area (Å²) in [4.78, 5) is 7.99. The van der Waals surface area contributed by atoms with Gasteiger partial charge in [0.2, 0.25) is 0 Å². The van der Waals surface area contributed by atoms with Crippen molar-refractivity contribution in [3.05, 3.63) is 23.3 Å². The van der Waals surface area contributed by atoms with Gasteiger partial charge in [-0.1, -0.05) is 11.2 Å². The molecule has 0 bridgehead atoms. The molecule has 1 N–H and O–H groups in total. The van der Waals surface area contributed by atoms with Crippen LogP contribution in [0.25, 0.3) is 10.8 Å². The average Bonchev–Trinajstić information content (AvgIpc) is 3.10. The van der Waals surface area contributed by atoms with Gasteiger partial charge in [0.05, 0.1) is 10.4 Å². The molecule has 1 aliphatic rings. The topological polar surface area (TPSA) is 54.2 Å². The van der Waals surface area contributed by atoms with Gasteiger partial charge in [-0.25, -0.2) is 0 Å². The monoisotopic (exact) mass is 278 g/mol. The van der Waals surface area contributed by atoms with Gasteiger partial charge in [-0.2, -0.15) is 4.98 Å². The molecule has 0 radical (unpaired) electrons. The van der Waals surface area contributed by atoms with Crippen molar-refractivity contribution in [3.8, 4) is 10.8 Å². The van der Waals surface area contributed by atoms with E-state index in [0.717, 1.165) is 36.9 Å². The van der Waals surface area contributed by atoms with Gasteiger partial charge in [0.15, 0.2) is 5.82 Å². The van der Waals surface area contributed by atoms with E-state index in [1.54, 1.807) is 11.3 Å². The summed E-state index contributed by atoms with van der Waals surface area (Å²) in [7, 11) is 0. The van der Waals surface area contributed by atoms with Crippen LogP contribution in [-0.4, -0.2) is 41.2 Å². The van der Waals surface area contributed by atoms with Crippen molar-refractivity contribution in [3.63, 3.8) is 0 Å². The van der Waals surface area contributed by atoms with Crippen molar-refractivity contribution < 1.29 is 4.52 Å². The molecule has 5 nitrogen and oxygen atoms in total. The van der Waals surface area contributed by atoms with E-state index in [2.05, 4.69) is 34.2 Å². The first kappa shape index (κ1) is 12.8. The zero-order chi connectivity index (χ0) is 13.3. The molecular weight excluding hydrogens is 260 g/mol. The summed E-state index contributed by atoms with van der Waals surface area (Å²) in [5.41, 5.74) is -0.193. The second-order valence-corrected chi connectivity index (χ2v) is 6.14. The van der Waals surface area contributed by atoms with Gasteiger partial charge in [-0.05, 0) is 25.3 Å². The van der Waals surface area contributed by atoms with Gasteiger partial charge >= 0.3 is 0 Å². The Morgan fingerprint density at radius 3 is 2.84 bits per heavy atom. The Kier molecular flexibility index (Phi) is 3.38. The van der Waals surface area contributed by atoms with Crippen LogP contribution in [0.15, 0.2) is 22.0 Å². The summed E-state index contributed by atoms with van der Waals surface area (Å²) in [6.07, 6.45) is 0. The third-order valence-corrected chi connectivity index (χ3v) is 4.47. The van der Waals surface area contributed by atoms with E-state index in [-0.39, 0.29) is 5.54 Å². The molecule has 1 saturated heterocycles. The Labute approximate surface area is 116 Å². The van der Waals surface area contributed by atoms with E-state index in [1.807, 2.05) is 17.5 Å². The molecule has 102 valence electrons. The molecule has 1 aliphatic heterocycles. The maximum atomic E-state index is 5.39. The van der Waals surface area contributed by atoms with E-state index in [0.29, 0.717) is 5.89 Å². The highest BCUT2D eigenvalue weighted by atomic mass is 32.1. The molecule has 0 aliphatic carbocycles. The zero-order valence-electron chi connectivity index (χ0n) is 11.2. The summed E-state index contributed by atoms with van der Waals surface area (Å²) in [5.74, 6) is 1.38. The highest BCUT2D eigenvalue weighted by Crippen LogP contribution is 2.29. The number of nitrogens with one attached hydrogen (secondary N) is 1. The second kappa shape index (κ2) is 5.03. The number of aromatic nitrogens is 2. The highest BCUT2D eigenvalue weighted by Gasteiger charge is 2.34. The van der Waals surface area contributed by atoms with Gasteiger partial charge in [0.1, 0.15) is 0 Å². The average molecular weight is 278 g/mol. The number of hydrogen-bond acceptors (Lipinski definition) is 6. The fourth-order valence-electron chi connectivity index (χ4n) is 2.34. The standard InChI is InChI=1S/C13H18N4OS/c1-13(2,17-7-5-14-6-8-17)12-15-11(18-16-12)10-4-3-9-19-10/h3-4,9,14H,5-8H2,1-2H3. The predicted octanol–water partition coefficient (Wildman–Crippen LogP) is 1.94. The number of hydrogen-bond donors (Lipinski definition) is 1. The summed E-state index contributed by atoms with van der Waals surface area (Å²) in [6.45, 7) is 8.35. The van der Waals surface area contributed by atoms with Crippen LogP contribution in [0.2, 0.25) is 0 Å². The van der Waals surface area contributed by atoms with E-state index >= 15 is 0 Å². The minimum Gasteiger partial charge on any atom is -0.333 e. The molecule has 0 atom stereocenters. The molecule has 2 aromatic heterocycles. The normalized spacial score (nSPS) is 17.8. The molecule has 1 fully saturated rings. The van der Waals surface area contributed by atoms with Crippen molar-refractivity contribution in [2.24, 2.45) is 0 Å². The van der Waals surface area contributed by atoms with Crippen molar-refractivity contribution in [1.29, 1.82) is 0 Å². The summed E-state index contributed by atoms with van der Waals surface area (Å²) >= 11 is 1.62. The fourth-order valence-corrected chi connectivity index (χ4v) is 2.98. The third kappa shape index (κ3) is 2.43. The fraction of sp³-hybridized carbons (Fsp3) is 0.538. The summed E-state index contributed by atoms with van der Waals surface area (Å²) in [6, 6.07) is 3.99. The number of piperazine rings is 1. The second-order valence-electron chi connectivity index (χ2n) is 5.20. The van der Waals surface area contributed by atoms with Gasteiger partial charge in [0.25, 0.3) is 5.89 Å². The molecule has 3 rings (SSSR count). The van der Waals surface area contributed by atoms with Crippen LogP contribution in [0.1, 0.15) is 19.7 Å². The van der Waals surface area contributed by atoms with Crippen LogP contribution in [0.5, 0.6) is 0 Å². The first-order chi connectivity index (χ1) is 9.18. The van der Waals surface area contributed by atoms with Crippen molar-refractivity contribution in [1.82, 2.24) is 20.4 Å². The molecule has 0 aromatic carbocycles. The quantitative estimate of drug-likeness (QED) is 0.930. The van der Waals surface area contributed by atoms with E-state index < -0.39 is 0 Å². The minimum atomic E-state index is -0.193. The first-order valence-corrected chi connectivity index (χ1v) is 7.40. The predicted molar refractivity (Wildman–Crippen MR) is 75.1 cm³/mol. The Balaban J connectivity index is 1.84. The van der Waals surface area contributed by atoms with Crippen molar-refractivity contribution in [2.45, 2.75) is 19.4 Å². The molecule has 0 amide bonds. The smallest absolute Gasteiger partial charge is 0.268 e. The molecule has 19 heavy (non-hydrogen) atoms. The lowest BCUT2D eigenvalue weighted by Gasteiger charge is -2.38. The first-order valence-electron chi connectivity index (χ1n) is 6.52. The van der Waals surface area contributed by atoms with Gasteiger partial charge in [-0.3, -0.25) is 4.90 Å². The van der Waals surface area contributed by atoms with Gasteiger partial charge < -0.3 is 9.84 Å². The van der Waals surface area contributed by atoms with Crippen LogP contribution in [-0.2, 0) is 5.54 Å². The third-order valence-electron chi connectivity index (χ3n) is 3.61. The van der Waals surface area contributed by atoms with Gasteiger partial charge in [-0.15, -0.1) is 11.3 Å². The molecule has 3 heterocycles. The molecule has 0 spiro atoms. The maximum absolute atomic E-state index is 5.39. The molecule has 0 unspecified atom stereocenters. The SMILES string of the molecule is CC(C)(c1noc(-c2cccs2)n1)N1CCNCC1. The van der Waals surface area contributed by atoms with Crippen LogP contribution in [0, 0.1) is 0 Å².